The number of carbonyl (C=O) groups is 2. The minimum Gasteiger partial charge on any atom is -0.480 e. The lowest BCUT2D eigenvalue weighted by molar-refractivity contribution is -0.147. The van der Waals surface area contributed by atoms with Crippen molar-refractivity contribution in [3.05, 3.63) is 0 Å². The van der Waals surface area contributed by atoms with Crippen molar-refractivity contribution in [3.63, 3.8) is 0 Å². The van der Waals surface area contributed by atoms with Gasteiger partial charge in [0.1, 0.15) is 5.54 Å². The quantitative estimate of drug-likeness (QED) is 0.772. The third kappa shape index (κ3) is 3.13. The van der Waals surface area contributed by atoms with Crippen LogP contribution in [0.5, 0.6) is 0 Å². The number of nitrogens with zero attached hydrogens (tertiary/aromatic N) is 2. The summed E-state index contributed by atoms with van der Waals surface area (Å²) in [6.07, 6.45) is 1.97. The van der Waals surface area contributed by atoms with Crippen LogP contribution in [0.2, 0.25) is 0 Å². The summed E-state index contributed by atoms with van der Waals surface area (Å²) in [4.78, 5) is 26.5. The summed E-state index contributed by atoms with van der Waals surface area (Å²) >= 11 is 0. The molecule has 0 spiro atoms. The fraction of sp³-hybridized carbons (Fsp3) is 0.833. The molecule has 1 aliphatic carbocycles. The maximum atomic E-state index is 12.3. The number of rotatable bonds is 6. The van der Waals surface area contributed by atoms with E-state index < -0.39 is 11.5 Å². The minimum atomic E-state index is -1.21. The highest BCUT2D eigenvalue weighted by atomic mass is 16.5. The third-order valence-electron chi connectivity index (χ3n) is 3.42. The van der Waals surface area contributed by atoms with Crippen molar-refractivity contribution >= 4 is 12.0 Å². The Balaban J connectivity index is 2.73. The van der Waals surface area contributed by atoms with Crippen LogP contribution in [0, 0.1) is 0 Å². The van der Waals surface area contributed by atoms with Crippen molar-refractivity contribution in [3.8, 4) is 0 Å². The number of amides is 2. The van der Waals surface area contributed by atoms with Crippen LogP contribution >= 0.6 is 0 Å². The molecule has 6 nitrogen and oxygen atoms in total. The molecule has 0 heterocycles. The Morgan fingerprint density at radius 3 is 2.33 bits per heavy atom. The van der Waals surface area contributed by atoms with Gasteiger partial charge in [0.05, 0.1) is 6.61 Å². The topological polar surface area (TPSA) is 70.1 Å². The van der Waals surface area contributed by atoms with Crippen molar-refractivity contribution in [2.45, 2.75) is 38.3 Å². The van der Waals surface area contributed by atoms with E-state index in [0.717, 1.165) is 12.8 Å². The van der Waals surface area contributed by atoms with E-state index in [0.29, 0.717) is 13.2 Å². The van der Waals surface area contributed by atoms with Gasteiger partial charge in [0, 0.05) is 26.7 Å². The van der Waals surface area contributed by atoms with Gasteiger partial charge >= 0.3 is 12.0 Å². The van der Waals surface area contributed by atoms with Crippen LogP contribution in [0.15, 0.2) is 0 Å². The van der Waals surface area contributed by atoms with E-state index in [9.17, 15) is 9.59 Å². The molecule has 0 aromatic carbocycles. The van der Waals surface area contributed by atoms with Gasteiger partial charge in [-0.3, -0.25) is 0 Å². The highest BCUT2D eigenvalue weighted by molar-refractivity contribution is 5.85. The lowest BCUT2D eigenvalue weighted by Gasteiger charge is -2.36. The number of aliphatic carboxylic acids is 1. The summed E-state index contributed by atoms with van der Waals surface area (Å²) in [5.74, 6) is -1.01. The second-order valence-corrected chi connectivity index (χ2v) is 5.12. The van der Waals surface area contributed by atoms with Gasteiger partial charge in [-0.05, 0) is 26.7 Å². The fourth-order valence-electron chi connectivity index (χ4n) is 1.59. The van der Waals surface area contributed by atoms with Gasteiger partial charge in [-0.15, -0.1) is 0 Å². The molecule has 1 rings (SSSR count). The molecule has 0 aliphatic heterocycles. The molecule has 1 aliphatic rings. The fourth-order valence-corrected chi connectivity index (χ4v) is 1.59. The molecule has 0 unspecified atom stereocenters. The Bertz CT molecular complexity index is 326. The number of hydrogen-bond donors (Lipinski definition) is 1. The number of methoxy groups -OCH3 is 1. The Morgan fingerprint density at radius 2 is 1.94 bits per heavy atom. The van der Waals surface area contributed by atoms with Gasteiger partial charge in [0.25, 0.3) is 0 Å². The standard InChI is InChI=1S/C12H22N2O4/c1-12(2,10(15)16)13(3)11(17)14(7-8-18-4)9-5-6-9/h9H,5-8H2,1-4H3,(H,15,16). The second-order valence-electron chi connectivity index (χ2n) is 5.12. The third-order valence-corrected chi connectivity index (χ3v) is 3.42. The van der Waals surface area contributed by atoms with Crippen LogP contribution in [0.1, 0.15) is 26.7 Å². The number of hydrogen-bond acceptors (Lipinski definition) is 3. The zero-order chi connectivity index (χ0) is 13.9. The second kappa shape index (κ2) is 5.56. The number of carboxylic acids is 1. The van der Waals surface area contributed by atoms with Gasteiger partial charge in [-0.2, -0.15) is 0 Å². The average molecular weight is 258 g/mol. The molecular weight excluding hydrogens is 236 g/mol. The van der Waals surface area contributed by atoms with Gasteiger partial charge < -0.3 is 19.6 Å². The average Bonchev–Trinajstić information content (AvgIpc) is 3.12. The molecule has 0 saturated heterocycles. The van der Waals surface area contributed by atoms with E-state index in [1.54, 1.807) is 12.0 Å². The molecule has 0 aromatic heterocycles. The van der Waals surface area contributed by atoms with Crippen LogP contribution in [0.25, 0.3) is 0 Å². The number of likely N-dealkylation sites (N-methyl/N-ethyl adjacent to an activating group) is 1. The summed E-state index contributed by atoms with van der Waals surface area (Å²) in [5.41, 5.74) is -1.21. The molecule has 1 saturated carbocycles. The molecule has 18 heavy (non-hydrogen) atoms. The van der Waals surface area contributed by atoms with Gasteiger partial charge in [0.2, 0.25) is 0 Å². The number of carboxylic acid groups (broad SMARTS) is 1. The van der Waals surface area contributed by atoms with E-state index in [-0.39, 0.29) is 12.1 Å². The zero-order valence-corrected chi connectivity index (χ0v) is 11.5. The first kappa shape index (κ1) is 14.8. The Kier molecular flexibility index (Phi) is 4.56. The first-order valence-corrected chi connectivity index (χ1v) is 6.09. The zero-order valence-electron chi connectivity index (χ0n) is 11.5. The SMILES string of the molecule is COCCN(C(=O)N(C)C(C)(C)C(=O)O)C1CC1. The molecule has 0 atom stereocenters. The lowest BCUT2D eigenvalue weighted by atomic mass is 10.0. The summed E-state index contributed by atoms with van der Waals surface area (Å²) in [6.45, 7) is 4.01. The molecule has 0 bridgehead atoms. The van der Waals surface area contributed by atoms with Crippen LogP contribution in [0.3, 0.4) is 0 Å². The van der Waals surface area contributed by atoms with Crippen molar-refractivity contribution in [1.29, 1.82) is 0 Å². The van der Waals surface area contributed by atoms with E-state index in [2.05, 4.69) is 0 Å². The Labute approximate surface area is 107 Å². The lowest BCUT2D eigenvalue weighted by Crippen LogP contribution is -2.56. The van der Waals surface area contributed by atoms with E-state index in [1.165, 1.54) is 25.8 Å². The maximum absolute atomic E-state index is 12.3. The molecule has 2 amide bonds. The highest BCUT2D eigenvalue weighted by Crippen LogP contribution is 2.28. The summed E-state index contributed by atoms with van der Waals surface area (Å²) < 4.78 is 4.98. The predicted molar refractivity (Wildman–Crippen MR) is 66.5 cm³/mol. The van der Waals surface area contributed by atoms with Crippen molar-refractivity contribution in [2.24, 2.45) is 0 Å². The highest BCUT2D eigenvalue weighted by Gasteiger charge is 2.40. The van der Waals surface area contributed by atoms with Gasteiger partial charge in [-0.25, -0.2) is 9.59 Å². The van der Waals surface area contributed by atoms with Crippen molar-refractivity contribution in [1.82, 2.24) is 9.80 Å². The summed E-state index contributed by atoms with van der Waals surface area (Å²) in [7, 11) is 3.11. The monoisotopic (exact) mass is 258 g/mol. The van der Waals surface area contributed by atoms with E-state index >= 15 is 0 Å². The van der Waals surface area contributed by atoms with Gasteiger partial charge in [-0.1, -0.05) is 0 Å². The number of urea groups is 1. The molecule has 1 N–H and O–H groups in total. The number of carbonyl (C=O) groups excluding carboxylic acids is 1. The molecule has 0 radical (unpaired) electrons. The smallest absolute Gasteiger partial charge is 0.329 e. The summed E-state index contributed by atoms with van der Waals surface area (Å²) in [5, 5.41) is 9.14. The van der Waals surface area contributed by atoms with Crippen molar-refractivity contribution in [2.75, 3.05) is 27.3 Å². The van der Waals surface area contributed by atoms with E-state index in [4.69, 9.17) is 9.84 Å². The first-order chi connectivity index (χ1) is 8.32. The molecule has 0 aromatic rings. The minimum absolute atomic E-state index is 0.236. The van der Waals surface area contributed by atoms with Gasteiger partial charge in [0.15, 0.2) is 0 Å². The Morgan fingerprint density at radius 1 is 1.39 bits per heavy atom. The molecule has 1 fully saturated rings. The predicted octanol–water partition coefficient (Wildman–Crippen LogP) is 1.01. The normalized spacial score (nSPS) is 15.3. The maximum Gasteiger partial charge on any atom is 0.329 e. The molecule has 104 valence electrons. The molecular formula is C12H22N2O4. The Hall–Kier alpha value is -1.30. The van der Waals surface area contributed by atoms with E-state index in [1.807, 2.05) is 0 Å². The summed E-state index contributed by atoms with van der Waals surface area (Å²) in [6, 6.07) is -0.0124. The van der Waals surface area contributed by atoms with Crippen LogP contribution < -0.4 is 0 Å². The number of ether oxygens (including phenoxy) is 1. The van der Waals surface area contributed by atoms with Crippen LogP contribution in [-0.2, 0) is 9.53 Å². The van der Waals surface area contributed by atoms with Crippen LogP contribution in [0.4, 0.5) is 4.79 Å². The first-order valence-electron chi connectivity index (χ1n) is 6.09. The molecule has 6 heteroatoms. The van der Waals surface area contributed by atoms with Crippen LogP contribution in [-0.4, -0.2) is 65.8 Å². The largest absolute Gasteiger partial charge is 0.480 e. The van der Waals surface area contributed by atoms with Crippen molar-refractivity contribution < 1.29 is 19.4 Å².